The Kier molecular flexibility index (Phi) is 13.5. The van der Waals surface area contributed by atoms with Crippen LogP contribution in [0.3, 0.4) is 0 Å². The third-order valence-corrected chi connectivity index (χ3v) is 11.1. The summed E-state index contributed by atoms with van der Waals surface area (Å²) in [6.07, 6.45) is 10.8. The Morgan fingerprint density at radius 3 is 2.18 bits per heavy atom. The van der Waals surface area contributed by atoms with Crippen molar-refractivity contribution in [1.82, 2.24) is 4.57 Å². The highest BCUT2D eigenvalue weighted by Crippen LogP contribution is 2.41. The number of fused-ring (bicyclic) bond motifs is 3. The molecule has 1 aromatic heterocycles. The summed E-state index contributed by atoms with van der Waals surface area (Å²) in [6, 6.07) is 53.5. The fourth-order valence-corrected chi connectivity index (χ4v) is 8.16. The van der Waals surface area contributed by atoms with Crippen LogP contribution in [-0.2, 0) is 19.4 Å². The van der Waals surface area contributed by atoms with Gasteiger partial charge >= 0.3 is 0 Å². The number of nitrogens with zero attached hydrogens (tertiary/aromatic N) is 4. The van der Waals surface area contributed by atoms with Crippen LogP contribution < -0.4 is 4.90 Å². The van der Waals surface area contributed by atoms with Gasteiger partial charge in [-0.15, -0.1) is 0 Å². The Bertz CT molecular complexity index is 2800. The van der Waals surface area contributed by atoms with Crippen LogP contribution in [0.2, 0.25) is 0 Å². The second-order valence-electron chi connectivity index (χ2n) is 14.8. The third-order valence-electron chi connectivity index (χ3n) is 11.1. The molecule has 8 rings (SSSR count). The van der Waals surface area contributed by atoms with Crippen LogP contribution in [0.25, 0.3) is 44.9 Å². The van der Waals surface area contributed by atoms with Crippen molar-refractivity contribution >= 4 is 57.8 Å². The molecule has 6 aromatic carbocycles. The molecule has 0 radical (unpaired) electrons. The molecule has 4 nitrogen and oxygen atoms in total. The molecule has 61 heavy (non-hydrogen) atoms. The minimum atomic E-state index is 0.573. The zero-order valence-electron chi connectivity index (χ0n) is 35.7. The van der Waals surface area contributed by atoms with Crippen molar-refractivity contribution < 1.29 is 0 Å². The van der Waals surface area contributed by atoms with Gasteiger partial charge in [0.1, 0.15) is 5.84 Å². The standard InChI is InChI=1S/C55H48N4.C2H6/c1-6-33-58(47-25-18-24-43(34-47)42-21-12-9-13-22-42)54-36-45(29-31-48(54)39(3)7-2)44-30-32-53-51(35-44)50-27-16-17-28-52(50)59(53)55(57-38-41-19-10-8-11-20-41)37-46-23-14-15-26-49(46)40(4)56-5;1-2/h6-29,31,33-36H,2-5,30,32,37-38H2,1H3;1-2H3/b33-6-,57-55?;. The van der Waals surface area contributed by atoms with Gasteiger partial charge in [-0.05, 0) is 95.8 Å². The Labute approximate surface area is 362 Å². The maximum absolute atomic E-state index is 5.39. The summed E-state index contributed by atoms with van der Waals surface area (Å²) in [5.41, 5.74) is 16.4. The molecule has 0 N–H and O–H groups in total. The summed E-state index contributed by atoms with van der Waals surface area (Å²) in [5.74, 6) is 0.988. The maximum Gasteiger partial charge on any atom is 0.113 e. The fourth-order valence-electron chi connectivity index (χ4n) is 8.16. The number of allylic oxidation sites excluding steroid dienone is 4. The lowest BCUT2D eigenvalue weighted by Crippen LogP contribution is -2.20. The SMILES string of the molecule is C=CC(=C)c1ccc(C2=Cc3c(n(C(Cc4ccccc4C(=C)N=C)=NCc4ccccc4)c4ccccc34)CC2)cc1N(/C=C\C)c1cccc(-c2ccccc2)c1.CC. The molecule has 0 bridgehead atoms. The first-order chi connectivity index (χ1) is 30.0. The number of rotatable bonds is 13. The molecule has 0 saturated heterocycles. The van der Waals surface area contributed by atoms with E-state index in [4.69, 9.17) is 4.99 Å². The summed E-state index contributed by atoms with van der Waals surface area (Å²) in [6.45, 7) is 23.1. The molecule has 1 aliphatic carbocycles. The number of hydrogen-bond acceptors (Lipinski definition) is 3. The number of aromatic nitrogens is 1. The smallest absolute Gasteiger partial charge is 0.113 e. The molecule has 0 amide bonds. The van der Waals surface area contributed by atoms with Crippen molar-refractivity contribution in [3.8, 4) is 11.1 Å². The highest BCUT2D eigenvalue weighted by Gasteiger charge is 2.25. The number of anilines is 2. The van der Waals surface area contributed by atoms with Crippen LogP contribution >= 0.6 is 0 Å². The zero-order valence-corrected chi connectivity index (χ0v) is 35.7. The van der Waals surface area contributed by atoms with Crippen molar-refractivity contribution in [1.29, 1.82) is 0 Å². The van der Waals surface area contributed by atoms with Gasteiger partial charge in [0.25, 0.3) is 0 Å². The van der Waals surface area contributed by atoms with E-state index in [0.29, 0.717) is 18.7 Å². The van der Waals surface area contributed by atoms with Crippen LogP contribution in [0.15, 0.2) is 200 Å². The van der Waals surface area contributed by atoms with E-state index >= 15 is 0 Å². The molecule has 0 unspecified atom stereocenters. The van der Waals surface area contributed by atoms with E-state index in [1.54, 1.807) is 0 Å². The number of benzene rings is 6. The van der Waals surface area contributed by atoms with Gasteiger partial charge in [0.2, 0.25) is 0 Å². The Balaban J connectivity index is 0.00000277. The summed E-state index contributed by atoms with van der Waals surface area (Å²) in [7, 11) is 0. The van der Waals surface area contributed by atoms with Crippen LogP contribution in [-0.4, -0.2) is 17.1 Å². The maximum atomic E-state index is 5.39. The van der Waals surface area contributed by atoms with Crippen molar-refractivity contribution in [3.63, 3.8) is 0 Å². The van der Waals surface area contributed by atoms with Gasteiger partial charge in [-0.1, -0.05) is 173 Å². The molecule has 0 aliphatic heterocycles. The van der Waals surface area contributed by atoms with Gasteiger partial charge in [-0.2, -0.15) is 0 Å². The van der Waals surface area contributed by atoms with Gasteiger partial charge in [-0.3, -0.25) is 9.98 Å². The number of para-hydroxylation sites is 1. The van der Waals surface area contributed by atoms with Gasteiger partial charge in [-0.25, -0.2) is 0 Å². The lowest BCUT2D eigenvalue weighted by molar-refractivity contribution is 0.897. The van der Waals surface area contributed by atoms with Crippen LogP contribution in [0, 0.1) is 0 Å². The summed E-state index contributed by atoms with van der Waals surface area (Å²) in [4.78, 5) is 11.9. The molecule has 302 valence electrons. The summed E-state index contributed by atoms with van der Waals surface area (Å²) in [5, 5.41) is 1.21. The zero-order chi connectivity index (χ0) is 42.7. The van der Waals surface area contributed by atoms with E-state index in [2.05, 4.69) is 206 Å². The van der Waals surface area contributed by atoms with Crippen molar-refractivity contribution in [3.05, 3.63) is 229 Å². The second kappa shape index (κ2) is 19.6. The quantitative estimate of drug-likeness (QED) is 0.0650. The molecule has 1 heterocycles. The van der Waals surface area contributed by atoms with E-state index in [0.717, 1.165) is 63.4 Å². The first-order valence-corrected chi connectivity index (χ1v) is 21.2. The molecule has 1 aliphatic rings. The Hall–Kier alpha value is -7.30. The normalized spacial score (nSPS) is 12.2. The van der Waals surface area contributed by atoms with Crippen molar-refractivity contribution in [2.24, 2.45) is 9.98 Å². The molecular weight excluding hydrogens is 741 g/mol. The van der Waals surface area contributed by atoms with Crippen LogP contribution in [0.5, 0.6) is 0 Å². The molecule has 7 aromatic rings. The van der Waals surface area contributed by atoms with Gasteiger partial charge < -0.3 is 9.47 Å². The van der Waals surface area contributed by atoms with Gasteiger partial charge in [0.05, 0.1) is 23.4 Å². The average molecular weight is 795 g/mol. The van der Waals surface area contributed by atoms with E-state index < -0.39 is 0 Å². The van der Waals surface area contributed by atoms with Gasteiger partial charge in [0, 0.05) is 46.1 Å². The van der Waals surface area contributed by atoms with E-state index in [-0.39, 0.29) is 0 Å². The van der Waals surface area contributed by atoms with Crippen molar-refractivity contribution in [2.75, 3.05) is 4.90 Å². The highest BCUT2D eigenvalue weighted by atomic mass is 15.1. The largest absolute Gasteiger partial charge is 0.317 e. The Morgan fingerprint density at radius 2 is 1.43 bits per heavy atom. The predicted octanol–water partition coefficient (Wildman–Crippen LogP) is 15.1. The predicted molar refractivity (Wildman–Crippen MR) is 266 cm³/mol. The molecule has 0 spiro atoms. The minimum absolute atomic E-state index is 0.573. The first kappa shape index (κ1) is 41.8. The van der Waals surface area contributed by atoms with E-state index in [1.807, 2.05) is 32.1 Å². The van der Waals surface area contributed by atoms with Crippen molar-refractivity contribution in [2.45, 2.75) is 46.6 Å². The van der Waals surface area contributed by atoms with E-state index in [1.165, 1.54) is 38.9 Å². The summed E-state index contributed by atoms with van der Waals surface area (Å²) >= 11 is 0. The fraction of sp³-hybridized carbons (Fsp3) is 0.123. The average Bonchev–Trinajstić information content (AvgIpc) is 3.66. The minimum Gasteiger partial charge on any atom is -0.317 e. The molecule has 0 atom stereocenters. The first-order valence-electron chi connectivity index (χ1n) is 21.2. The lowest BCUT2D eigenvalue weighted by atomic mass is 9.89. The monoisotopic (exact) mass is 794 g/mol. The molecular formula is C57H54N4. The molecule has 0 saturated carbocycles. The van der Waals surface area contributed by atoms with Crippen LogP contribution in [0.4, 0.5) is 11.4 Å². The topological polar surface area (TPSA) is 32.9 Å². The molecule has 0 fully saturated rings. The van der Waals surface area contributed by atoms with Gasteiger partial charge in [0.15, 0.2) is 0 Å². The lowest BCUT2D eigenvalue weighted by Gasteiger charge is -2.26. The summed E-state index contributed by atoms with van der Waals surface area (Å²) < 4.78 is 2.41. The molecule has 4 heteroatoms. The Morgan fingerprint density at radius 1 is 0.721 bits per heavy atom. The second-order valence-corrected chi connectivity index (χ2v) is 14.8. The number of aliphatic imine (C=N–C) groups is 2. The highest BCUT2D eigenvalue weighted by molar-refractivity contribution is 6.05. The van der Waals surface area contributed by atoms with E-state index in [9.17, 15) is 0 Å². The number of hydrogen-bond donors (Lipinski definition) is 0. The third kappa shape index (κ3) is 9.00. The van der Waals surface area contributed by atoms with Crippen LogP contribution in [0.1, 0.15) is 66.3 Å².